The number of nitrogens with one attached hydrogen (secondary N) is 3. The molecule has 2 heterocycles. The molecule has 0 unspecified atom stereocenters. The minimum atomic E-state index is -4.38. The molecule has 2 aromatic carbocycles. The van der Waals surface area contributed by atoms with Crippen LogP contribution in [0, 0.1) is 5.82 Å². The fourth-order valence-corrected chi connectivity index (χ4v) is 3.96. The van der Waals surface area contributed by atoms with Crippen LogP contribution in [0.25, 0.3) is 0 Å². The Labute approximate surface area is 165 Å². The molecule has 0 radical (unpaired) electrons. The predicted molar refractivity (Wildman–Crippen MR) is 98.6 cm³/mol. The number of ether oxygens (including phenoxy) is 2. The van der Waals surface area contributed by atoms with E-state index in [1.807, 2.05) is 10.3 Å². The van der Waals surface area contributed by atoms with Crippen molar-refractivity contribution in [2.45, 2.75) is 17.7 Å². The third-order valence-corrected chi connectivity index (χ3v) is 5.71. The first kappa shape index (κ1) is 19.2. The van der Waals surface area contributed by atoms with Crippen molar-refractivity contribution >= 4 is 27.5 Å². The zero-order valence-electron chi connectivity index (χ0n) is 15.0. The second-order valence-electron chi connectivity index (χ2n) is 6.41. The first-order valence-corrected chi connectivity index (χ1v) is 10.2. The molecule has 0 saturated heterocycles. The van der Waals surface area contributed by atoms with Crippen molar-refractivity contribution in [3.8, 4) is 11.5 Å². The van der Waals surface area contributed by atoms with Crippen LogP contribution in [0.1, 0.15) is 22.3 Å². The van der Waals surface area contributed by atoms with Crippen LogP contribution >= 0.6 is 0 Å². The number of hydrogen-bond acceptors (Lipinski definition) is 6. The molecule has 29 heavy (non-hydrogen) atoms. The highest BCUT2D eigenvalue weighted by atomic mass is 32.2. The fraction of sp³-hybridized carbons (Fsp3) is 0.222. The first-order valence-electron chi connectivity index (χ1n) is 8.67. The molecular formula is C18H16FN3O6S. The molecule has 0 aromatic heterocycles. The van der Waals surface area contributed by atoms with Gasteiger partial charge in [-0.3, -0.25) is 15.0 Å². The van der Waals surface area contributed by atoms with Gasteiger partial charge in [-0.05, 0) is 42.3 Å². The van der Waals surface area contributed by atoms with Crippen molar-refractivity contribution in [3.63, 3.8) is 0 Å². The zero-order valence-corrected chi connectivity index (χ0v) is 15.8. The van der Waals surface area contributed by atoms with Gasteiger partial charge in [0.1, 0.15) is 23.9 Å². The number of anilines is 1. The Bertz CT molecular complexity index is 1120. The Morgan fingerprint density at radius 1 is 1.07 bits per heavy atom. The molecule has 0 bridgehead atoms. The fourth-order valence-electron chi connectivity index (χ4n) is 3.01. The van der Waals surface area contributed by atoms with Crippen LogP contribution in [0.5, 0.6) is 11.5 Å². The zero-order chi connectivity index (χ0) is 20.6. The maximum absolute atomic E-state index is 14.3. The van der Waals surface area contributed by atoms with Crippen LogP contribution in [-0.4, -0.2) is 33.4 Å². The maximum Gasteiger partial charge on any atom is 0.266 e. The number of amides is 2. The number of fused-ring (bicyclic) bond motifs is 2. The molecule has 0 atom stereocenters. The Balaban J connectivity index is 1.51. The van der Waals surface area contributed by atoms with E-state index >= 15 is 0 Å². The van der Waals surface area contributed by atoms with E-state index in [9.17, 15) is 22.4 Å². The summed E-state index contributed by atoms with van der Waals surface area (Å²) in [5.74, 6) is -1.22. The smallest absolute Gasteiger partial charge is 0.266 e. The van der Waals surface area contributed by atoms with Gasteiger partial charge in [0, 0.05) is 17.7 Å². The number of sulfonamides is 1. The highest BCUT2D eigenvalue weighted by molar-refractivity contribution is 7.89. The summed E-state index contributed by atoms with van der Waals surface area (Å²) in [5, 5.41) is 2.49. The number of rotatable bonds is 4. The van der Waals surface area contributed by atoms with E-state index in [0.717, 1.165) is 12.1 Å². The number of halogens is 1. The SMILES string of the molecule is O=C1CCc2cc(S(=O)(=O)NNC(=O)c3ccc4c(c3)OCCO4)c(F)cc2N1. The molecule has 0 aliphatic carbocycles. The largest absolute Gasteiger partial charge is 0.486 e. The van der Waals surface area contributed by atoms with Crippen LogP contribution in [0.15, 0.2) is 35.2 Å². The molecular weight excluding hydrogens is 405 g/mol. The Morgan fingerprint density at radius 2 is 1.83 bits per heavy atom. The Kier molecular flexibility index (Phi) is 4.84. The molecule has 2 amide bonds. The predicted octanol–water partition coefficient (Wildman–Crippen LogP) is 1.10. The number of hydrogen-bond donors (Lipinski definition) is 3. The van der Waals surface area contributed by atoms with Gasteiger partial charge in [-0.15, -0.1) is 4.83 Å². The Morgan fingerprint density at radius 3 is 2.62 bits per heavy atom. The van der Waals surface area contributed by atoms with Gasteiger partial charge in [-0.1, -0.05) is 0 Å². The number of aryl methyl sites for hydroxylation is 1. The minimum absolute atomic E-state index is 0.130. The molecule has 4 rings (SSSR count). The molecule has 152 valence electrons. The van der Waals surface area contributed by atoms with Gasteiger partial charge in [0.15, 0.2) is 11.5 Å². The van der Waals surface area contributed by atoms with Crippen LogP contribution in [0.3, 0.4) is 0 Å². The molecule has 0 spiro atoms. The van der Waals surface area contributed by atoms with Crippen molar-refractivity contribution in [2.24, 2.45) is 0 Å². The average Bonchev–Trinajstić information content (AvgIpc) is 2.71. The Hall–Kier alpha value is -3.18. The molecule has 9 nitrogen and oxygen atoms in total. The third kappa shape index (κ3) is 3.87. The van der Waals surface area contributed by atoms with E-state index in [1.54, 1.807) is 0 Å². The molecule has 2 aliphatic heterocycles. The summed E-state index contributed by atoms with van der Waals surface area (Å²) in [6.45, 7) is 0.733. The van der Waals surface area contributed by atoms with Gasteiger partial charge in [0.2, 0.25) is 5.91 Å². The quantitative estimate of drug-likeness (QED) is 0.636. The monoisotopic (exact) mass is 421 g/mol. The second kappa shape index (κ2) is 7.33. The van der Waals surface area contributed by atoms with E-state index in [4.69, 9.17) is 9.47 Å². The highest BCUT2D eigenvalue weighted by Crippen LogP contribution is 2.31. The first-order chi connectivity index (χ1) is 13.8. The van der Waals surface area contributed by atoms with Gasteiger partial charge in [0.25, 0.3) is 15.9 Å². The van der Waals surface area contributed by atoms with Crippen molar-refractivity contribution in [3.05, 3.63) is 47.3 Å². The van der Waals surface area contributed by atoms with Gasteiger partial charge in [-0.2, -0.15) is 0 Å². The van der Waals surface area contributed by atoms with E-state index in [0.29, 0.717) is 30.3 Å². The molecule has 2 aliphatic rings. The standard InChI is InChI=1S/C18H16FN3O6S/c19-12-9-13-10(2-4-17(23)20-13)8-16(12)29(25,26)22-21-18(24)11-1-3-14-15(7-11)28-6-5-27-14/h1,3,7-9,22H,2,4-6H2,(H,20,23)(H,21,24). The third-order valence-electron chi connectivity index (χ3n) is 4.45. The lowest BCUT2D eigenvalue weighted by Gasteiger charge is -2.19. The lowest BCUT2D eigenvalue weighted by atomic mass is 10.0. The number of carbonyl (C=O) groups is 2. The van der Waals surface area contributed by atoms with Gasteiger partial charge >= 0.3 is 0 Å². The lowest BCUT2D eigenvalue weighted by molar-refractivity contribution is -0.116. The number of hydrazine groups is 1. The topological polar surface area (TPSA) is 123 Å². The van der Waals surface area contributed by atoms with Gasteiger partial charge in [0.05, 0.1) is 0 Å². The summed E-state index contributed by atoms with van der Waals surface area (Å²) in [5.41, 5.74) is 2.90. The van der Waals surface area contributed by atoms with Crippen LogP contribution in [0.2, 0.25) is 0 Å². The van der Waals surface area contributed by atoms with E-state index in [1.165, 1.54) is 18.2 Å². The highest BCUT2D eigenvalue weighted by Gasteiger charge is 2.25. The molecule has 3 N–H and O–H groups in total. The number of carbonyl (C=O) groups excluding carboxylic acids is 2. The van der Waals surface area contributed by atoms with Crippen LogP contribution < -0.4 is 25.0 Å². The number of benzene rings is 2. The van der Waals surface area contributed by atoms with Crippen LogP contribution in [0.4, 0.5) is 10.1 Å². The summed E-state index contributed by atoms with van der Waals surface area (Å²) in [7, 11) is -4.38. The summed E-state index contributed by atoms with van der Waals surface area (Å²) in [4.78, 5) is 24.9. The summed E-state index contributed by atoms with van der Waals surface area (Å²) < 4.78 is 50.0. The van der Waals surface area contributed by atoms with Crippen molar-refractivity contribution in [1.82, 2.24) is 10.3 Å². The molecule has 11 heteroatoms. The van der Waals surface area contributed by atoms with Crippen molar-refractivity contribution in [1.29, 1.82) is 0 Å². The van der Waals surface area contributed by atoms with E-state index < -0.39 is 26.6 Å². The van der Waals surface area contributed by atoms with Gasteiger partial charge < -0.3 is 14.8 Å². The summed E-state index contributed by atoms with van der Waals surface area (Å²) >= 11 is 0. The lowest BCUT2D eigenvalue weighted by Crippen LogP contribution is -2.42. The molecule has 2 aromatic rings. The summed E-state index contributed by atoms with van der Waals surface area (Å²) in [6.07, 6.45) is 0.458. The normalized spacial score (nSPS) is 15.3. The summed E-state index contributed by atoms with van der Waals surface area (Å²) in [6, 6.07) is 6.49. The van der Waals surface area contributed by atoms with Crippen molar-refractivity contribution < 1.29 is 31.9 Å². The van der Waals surface area contributed by atoms with Crippen molar-refractivity contribution in [2.75, 3.05) is 18.5 Å². The van der Waals surface area contributed by atoms with Gasteiger partial charge in [-0.25, -0.2) is 12.8 Å². The molecule has 0 saturated carbocycles. The van der Waals surface area contributed by atoms with Crippen LogP contribution in [-0.2, 0) is 21.2 Å². The van der Waals surface area contributed by atoms with E-state index in [-0.39, 0.29) is 30.0 Å². The average molecular weight is 421 g/mol. The maximum atomic E-state index is 14.3. The minimum Gasteiger partial charge on any atom is -0.486 e. The second-order valence-corrected chi connectivity index (χ2v) is 8.06. The van der Waals surface area contributed by atoms with E-state index in [2.05, 4.69) is 5.32 Å². The molecule has 0 fully saturated rings.